The van der Waals surface area contributed by atoms with Gasteiger partial charge in [-0.15, -0.1) is 0 Å². The Bertz CT molecular complexity index is 715. The van der Waals surface area contributed by atoms with Crippen LogP contribution in [0.4, 0.5) is 0 Å². The summed E-state index contributed by atoms with van der Waals surface area (Å²) in [6.07, 6.45) is 1.60. The van der Waals surface area contributed by atoms with Crippen LogP contribution in [-0.4, -0.2) is 35.2 Å². The van der Waals surface area contributed by atoms with Crippen molar-refractivity contribution in [2.45, 2.75) is 31.8 Å². The number of benzene rings is 2. The molecule has 132 valence electrons. The lowest BCUT2D eigenvalue weighted by atomic mass is 9.96. The van der Waals surface area contributed by atoms with Gasteiger partial charge in [0.25, 0.3) is 0 Å². The molecule has 0 saturated carbocycles. The van der Waals surface area contributed by atoms with Crippen molar-refractivity contribution in [1.29, 1.82) is 0 Å². The van der Waals surface area contributed by atoms with Crippen molar-refractivity contribution in [2.75, 3.05) is 13.2 Å². The van der Waals surface area contributed by atoms with Gasteiger partial charge in [-0.05, 0) is 55.2 Å². The molecule has 1 fully saturated rings. The summed E-state index contributed by atoms with van der Waals surface area (Å²) in [6, 6.07) is 15.6. The Balaban J connectivity index is 1.99. The van der Waals surface area contributed by atoms with Crippen LogP contribution in [0.15, 0.2) is 53.0 Å². The van der Waals surface area contributed by atoms with Gasteiger partial charge >= 0.3 is 5.97 Å². The van der Waals surface area contributed by atoms with Crippen molar-refractivity contribution < 1.29 is 14.6 Å². The third kappa shape index (κ3) is 4.05. The van der Waals surface area contributed by atoms with Crippen molar-refractivity contribution >= 4 is 21.9 Å². The number of likely N-dealkylation sites (tertiary alicyclic amines) is 1. The summed E-state index contributed by atoms with van der Waals surface area (Å²) >= 11 is 3.47. The number of ether oxygens (including phenoxy) is 1. The third-order valence-corrected chi connectivity index (χ3v) is 5.13. The van der Waals surface area contributed by atoms with Crippen molar-refractivity contribution in [3.63, 3.8) is 0 Å². The Morgan fingerprint density at radius 2 is 1.80 bits per heavy atom. The highest BCUT2D eigenvalue weighted by Crippen LogP contribution is 2.36. The monoisotopic (exact) mass is 403 g/mol. The van der Waals surface area contributed by atoms with Gasteiger partial charge in [-0.1, -0.05) is 40.2 Å². The van der Waals surface area contributed by atoms with Crippen molar-refractivity contribution in [2.24, 2.45) is 0 Å². The summed E-state index contributed by atoms with van der Waals surface area (Å²) in [7, 11) is 0. The second kappa shape index (κ2) is 8.02. The van der Waals surface area contributed by atoms with Crippen LogP contribution in [0.25, 0.3) is 0 Å². The van der Waals surface area contributed by atoms with Gasteiger partial charge in [0.05, 0.1) is 12.6 Å². The maximum atomic E-state index is 11.7. The average Bonchev–Trinajstić information content (AvgIpc) is 3.08. The summed E-state index contributed by atoms with van der Waals surface area (Å²) in [5.41, 5.74) is 2.18. The molecule has 1 aliphatic rings. The van der Waals surface area contributed by atoms with E-state index < -0.39 is 12.0 Å². The minimum atomic E-state index is -0.745. The Morgan fingerprint density at radius 1 is 1.20 bits per heavy atom. The van der Waals surface area contributed by atoms with E-state index in [1.165, 1.54) is 0 Å². The zero-order valence-electron chi connectivity index (χ0n) is 14.2. The van der Waals surface area contributed by atoms with Gasteiger partial charge in [0, 0.05) is 11.0 Å². The van der Waals surface area contributed by atoms with Crippen LogP contribution in [-0.2, 0) is 4.79 Å². The van der Waals surface area contributed by atoms with Crippen LogP contribution in [0.5, 0.6) is 5.75 Å². The first-order valence-corrected chi connectivity index (χ1v) is 9.36. The van der Waals surface area contributed by atoms with E-state index in [9.17, 15) is 9.90 Å². The van der Waals surface area contributed by atoms with Crippen LogP contribution < -0.4 is 4.74 Å². The predicted molar refractivity (Wildman–Crippen MR) is 101 cm³/mol. The first kappa shape index (κ1) is 18.0. The van der Waals surface area contributed by atoms with E-state index in [0.717, 1.165) is 34.3 Å². The predicted octanol–water partition coefficient (Wildman–Crippen LogP) is 4.49. The summed E-state index contributed by atoms with van der Waals surface area (Å²) in [5, 5.41) is 9.62. The molecule has 4 nitrogen and oxygen atoms in total. The smallest absolute Gasteiger partial charge is 0.320 e. The molecule has 1 aliphatic heterocycles. The summed E-state index contributed by atoms with van der Waals surface area (Å²) in [4.78, 5) is 13.8. The molecule has 5 heteroatoms. The fraction of sp³-hybridized carbons (Fsp3) is 0.350. The van der Waals surface area contributed by atoms with Crippen molar-refractivity contribution in [3.8, 4) is 5.75 Å². The average molecular weight is 404 g/mol. The third-order valence-electron chi connectivity index (χ3n) is 4.60. The first-order chi connectivity index (χ1) is 12.1. The molecule has 3 rings (SSSR count). The minimum absolute atomic E-state index is 0.0765. The van der Waals surface area contributed by atoms with Gasteiger partial charge in [0.1, 0.15) is 11.8 Å². The van der Waals surface area contributed by atoms with E-state index in [1.807, 2.05) is 43.3 Å². The zero-order valence-corrected chi connectivity index (χ0v) is 15.8. The van der Waals surface area contributed by atoms with E-state index in [2.05, 4.69) is 33.0 Å². The fourth-order valence-corrected chi connectivity index (χ4v) is 3.76. The molecule has 2 aromatic rings. The van der Waals surface area contributed by atoms with Crippen molar-refractivity contribution in [3.05, 3.63) is 64.1 Å². The second-order valence-corrected chi connectivity index (χ2v) is 7.11. The molecule has 1 heterocycles. The van der Waals surface area contributed by atoms with Gasteiger partial charge in [0.2, 0.25) is 0 Å². The Labute approximate surface area is 156 Å². The zero-order chi connectivity index (χ0) is 17.8. The molecule has 0 amide bonds. The number of aliphatic carboxylic acids is 1. The van der Waals surface area contributed by atoms with Gasteiger partial charge in [-0.3, -0.25) is 9.69 Å². The molecule has 0 spiro atoms. The Kier molecular flexibility index (Phi) is 5.76. The first-order valence-electron chi connectivity index (χ1n) is 8.57. The molecule has 0 radical (unpaired) electrons. The van der Waals surface area contributed by atoms with Crippen LogP contribution in [0.3, 0.4) is 0 Å². The number of carbonyl (C=O) groups is 1. The van der Waals surface area contributed by atoms with Crippen molar-refractivity contribution in [1.82, 2.24) is 4.90 Å². The Hall–Kier alpha value is -1.85. The molecule has 2 unspecified atom stereocenters. The number of hydrogen-bond donors (Lipinski definition) is 1. The molecule has 2 atom stereocenters. The number of carboxylic acid groups (broad SMARTS) is 1. The van der Waals surface area contributed by atoms with Gasteiger partial charge in [-0.25, -0.2) is 0 Å². The number of hydrogen-bond acceptors (Lipinski definition) is 3. The molecule has 0 aromatic heterocycles. The summed E-state index contributed by atoms with van der Waals surface area (Å²) < 4.78 is 6.54. The molecule has 1 N–H and O–H groups in total. The molecule has 0 bridgehead atoms. The number of halogens is 1. The normalized spacial score (nSPS) is 18.9. The van der Waals surface area contributed by atoms with Gasteiger partial charge in [0.15, 0.2) is 0 Å². The second-order valence-electron chi connectivity index (χ2n) is 6.19. The maximum absolute atomic E-state index is 11.7. The van der Waals surface area contributed by atoms with Crippen LogP contribution in [0.1, 0.15) is 36.9 Å². The van der Waals surface area contributed by atoms with Gasteiger partial charge < -0.3 is 9.84 Å². The van der Waals surface area contributed by atoms with Gasteiger partial charge in [-0.2, -0.15) is 0 Å². The lowest BCUT2D eigenvalue weighted by Gasteiger charge is -2.32. The SMILES string of the molecule is CCOc1ccc(C(c2ccc(Br)cc2)N2CCCC2C(=O)O)cc1. The van der Waals surface area contributed by atoms with E-state index in [4.69, 9.17) is 4.74 Å². The highest BCUT2D eigenvalue weighted by Gasteiger charge is 2.36. The number of rotatable bonds is 6. The molecular weight excluding hydrogens is 382 g/mol. The van der Waals surface area contributed by atoms with Crippen LogP contribution in [0, 0.1) is 0 Å². The maximum Gasteiger partial charge on any atom is 0.320 e. The van der Waals surface area contributed by atoms with Crippen LogP contribution >= 0.6 is 15.9 Å². The highest BCUT2D eigenvalue weighted by molar-refractivity contribution is 9.10. The van der Waals surface area contributed by atoms with E-state index in [-0.39, 0.29) is 6.04 Å². The largest absolute Gasteiger partial charge is 0.494 e. The van der Waals surface area contributed by atoms with Crippen LogP contribution in [0.2, 0.25) is 0 Å². The summed E-state index contributed by atoms with van der Waals surface area (Å²) in [6.45, 7) is 3.37. The Morgan fingerprint density at radius 3 is 2.36 bits per heavy atom. The molecular formula is C20H22BrNO3. The topological polar surface area (TPSA) is 49.8 Å². The number of carboxylic acids is 1. The molecule has 25 heavy (non-hydrogen) atoms. The highest BCUT2D eigenvalue weighted by atomic mass is 79.9. The standard InChI is InChI=1S/C20H22BrNO3/c1-2-25-17-11-7-15(8-12-17)19(14-5-9-16(21)10-6-14)22-13-3-4-18(22)20(23)24/h5-12,18-19H,2-4,13H2,1H3,(H,23,24). The lowest BCUT2D eigenvalue weighted by Crippen LogP contribution is -2.39. The summed E-state index contributed by atoms with van der Waals surface area (Å²) in [5.74, 6) is 0.0857. The van der Waals surface area contributed by atoms with E-state index in [0.29, 0.717) is 13.0 Å². The van der Waals surface area contributed by atoms with E-state index in [1.54, 1.807) is 0 Å². The number of nitrogens with zero attached hydrogens (tertiary/aromatic N) is 1. The fourth-order valence-electron chi connectivity index (χ4n) is 3.50. The minimum Gasteiger partial charge on any atom is -0.494 e. The quantitative estimate of drug-likeness (QED) is 0.771. The molecule has 1 saturated heterocycles. The van der Waals surface area contributed by atoms with E-state index >= 15 is 0 Å². The molecule has 0 aliphatic carbocycles. The molecule has 2 aromatic carbocycles. The lowest BCUT2D eigenvalue weighted by molar-refractivity contribution is -0.142.